The number of quaternary nitrogens is 1. The molecule has 0 saturated carbocycles. The van der Waals surface area contributed by atoms with E-state index >= 15 is 0 Å². The summed E-state index contributed by atoms with van der Waals surface area (Å²) in [5, 5.41) is 0. The van der Waals surface area contributed by atoms with Gasteiger partial charge >= 0.3 is 6.18 Å². The minimum absolute atomic E-state index is 0.0160. The van der Waals surface area contributed by atoms with Gasteiger partial charge in [-0.25, -0.2) is 0 Å². The molecule has 0 aliphatic carbocycles. The molecule has 0 spiro atoms. The summed E-state index contributed by atoms with van der Waals surface area (Å²) in [5.41, 5.74) is 3.92. The van der Waals surface area contributed by atoms with Crippen LogP contribution in [0.4, 0.5) is 13.2 Å². The molecular weight excluding hydrogens is 179 g/mol. The summed E-state index contributed by atoms with van der Waals surface area (Å²) in [6, 6.07) is 5.09. The van der Waals surface area contributed by atoms with Crippen LogP contribution in [-0.2, 0) is 6.18 Å². The second-order valence-electron chi connectivity index (χ2n) is 3.02. The van der Waals surface area contributed by atoms with Gasteiger partial charge in [-0.3, -0.25) is 0 Å². The van der Waals surface area contributed by atoms with E-state index in [2.05, 4.69) is 5.73 Å². The van der Waals surface area contributed by atoms with Crippen LogP contribution >= 0.6 is 0 Å². The van der Waals surface area contributed by atoms with Crippen LogP contribution in [0, 0.1) is 0 Å². The summed E-state index contributed by atoms with van der Waals surface area (Å²) in [5.74, 6) is 0. The van der Waals surface area contributed by atoms with Gasteiger partial charge in [0, 0.05) is 5.56 Å². The molecule has 1 aromatic rings. The molecular formula is C9H11F3N+. The van der Waals surface area contributed by atoms with Crippen molar-refractivity contribution >= 4 is 0 Å². The monoisotopic (exact) mass is 190 g/mol. The van der Waals surface area contributed by atoms with E-state index in [0.29, 0.717) is 0 Å². The molecule has 13 heavy (non-hydrogen) atoms. The lowest BCUT2D eigenvalue weighted by atomic mass is 10.1. The van der Waals surface area contributed by atoms with Gasteiger partial charge in [-0.15, -0.1) is 0 Å². The van der Waals surface area contributed by atoms with Gasteiger partial charge in [0.05, 0.1) is 5.56 Å². The van der Waals surface area contributed by atoms with Crippen LogP contribution in [0.1, 0.15) is 24.1 Å². The number of halogens is 3. The lowest BCUT2D eigenvalue weighted by Gasteiger charge is -2.07. The molecule has 0 radical (unpaired) electrons. The number of rotatable bonds is 1. The fraction of sp³-hybridized carbons (Fsp3) is 0.333. The van der Waals surface area contributed by atoms with Crippen molar-refractivity contribution in [2.24, 2.45) is 0 Å². The molecule has 1 atom stereocenters. The highest BCUT2D eigenvalue weighted by Gasteiger charge is 2.30. The van der Waals surface area contributed by atoms with E-state index in [1.807, 2.05) is 6.92 Å². The van der Waals surface area contributed by atoms with Crippen LogP contribution in [0.15, 0.2) is 24.3 Å². The van der Waals surface area contributed by atoms with Crippen molar-refractivity contribution in [3.63, 3.8) is 0 Å². The highest BCUT2D eigenvalue weighted by Crippen LogP contribution is 2.29. The molecule has 1 nitrogen and oxygen atoms in total. The zero-order valence-corrected chi connectivity index (χ0v) is 7.23. The maximum absolute atomic E-state index is 12.1. The lowest BCUT2D eigenvalue weighted by molar-refractivity contribution is -0.420. The third-order valence-corrected chi connectivity index (χ3v) is 1.81. The van der Waals surface area contributed by atoms with Gasteiger partial charge in [-0.2, -0.15) is 13.2 Å². The third-order valence-electron chi connectivity index (χ3n) is 1.81. The average Bonchev–Trinajstić information content (AvgIpc) is 2.03. The normalized spacial score (nSPS) is 14.2. The summed E-state index contributed by atoms with van der Waals surface area (Å²) < 4.78 is 36.3. The predicted octanol–water partition coefficient (Wildman–Crippen LogP) is 2.01. The highest BCUT2D eigenvalue weighted by atomic mass is 19.4. The van der Waals surface area contributed by atoms with Gasteiger partial charge in [-0.05, 0) is 19.1 Å². The molecule has 0 unspecified atom stereocenters. The van der Waals surface area contributed by atoms with Crippen molar-refractivity contribution in [3.05, 3.63) is 35.4 Å². The highest BCUT2D eigenvalue weighted by molar-refractivity contribution is 5.25. The van der Waals surface area contributed by atoms with Crippen molar-refractivity contribution in [1.82, 2.24) is 0 Å². The molecule has 1 aromatic carbocycles. The summed E-state index contributed by atoms with van der Waals surface area (Å²) in [6.07, 6.45) is -4.25. The molecule has 0 aliphatic rings. The SMILES string of the molecule is C[C@H]([NH3+])c1ccc(C(F)(F)F)cc1. The van der Waals surface area contributed by atoms with Gasteiger partial charge in [-0.1, -0.05) is 12.1 Å². The fourth-order valence-electron chi connectivity index (χ4n) is 1.00. The van der Waals surface area contributed by atoms with Crippen molar-refractivity contribution < 1.29 is 18.9 Å². The number of benzene rings is 1. The Hall–Kier alpha value is -1.03. The average molecular weight is 190 g/mol. The summed E-state index contributed by atoms with van der Waals surface area (Å²) in [4.78, 5) is 0. The number of alkyl halides is 3. The first-order valence-electron chi connectivity index (χ1n) is 3.91. The molecule has 0 heterocycles. The van der Waals surface area contributed by atoms with Crippen LogP contribution in [0.5, 0.6) is 0 Å². The number of hydrogen-bond acceptors (Lipinski definition) is 0. The Morgan fingerprint density at radius 3 is 1.92 bits per heavy atom. The molecule has 1 rings (SSSR count). The van der Waals surface area contributed by atoms with Crippen molar-refractivity contribution in [1.29, 1.82) is 0 Å². The lowest BCUT2D eigenvalue weighted by Crippen LogP contribution is -2.51. The van der Waals surface area contributed by atoms with E-state index < -0.39 is 11.7 Å². The standard InChI is InChI=1S/C9H10F3N/c1-6(13)7-2-4-8(5-3-7)9(10,11)12/h2-6H,13H2,1H3/p+1/t6-/m0/s1. The zero-order chi connectivity index (χ0) is 10.1. The van der Waals surface area contributed by atoms with Crippen LogP contribution in [0.2, 0.25) is 0 Å². The minimum atomic E-state index is -4.25. The molecule has 0 aliphatic heterocycles. The first kappa shape index (κ1) is 10.1. The summed E-state index contributed by atoms with van der Waals surface area (Å²) in [7, 11) is 0. The summed E-state index contributed by atoms with van der Waals surface area (Å²) >= 11 is 0. The molecule has 3 N–H and O–H groups in total. The smallest absolute Gasteiger partial charge is 0.352 e. The second-order valence-corrected chi connectivity index (χ2v) is 3.02. The topological polar surface area (TPSA) is 27.6 Å². The molecule has 0 amide bonds. The molecule has 4 heteroatoms. The van der Waals surface area contributed by atoms with Crippen LogP contribution in [-0.4, -0.2) is 0 Å². The largest absolute Gasteiger partial charge is 0.416 e. The quantitative estimate of drug-likeness (QED) is 0.701. The maximum atomic E-state index is 12.1. The fourth-order valence-corrected chi connectivity index (χ4v) is 1.00. The van der Waals surface area contributed by atoms with Crippen molar-refractivity contribution in [2.45, 2.75) is 19.1 Å². The van der Waals surface area contributed by atoms with E-state index in [-0.39, 0.29) is 6.04 Å². The van der Waals surface area contributed by atoms with Gasteiger partial charge in [0.25, 0.3) is 0 Å². The van der Waals surface area contributed by atoms with Crippen LogP contribution < -0.4 is 5.73 Å². The van der Waals surface area contributed by atoms with Crippen LogP contribution in [0.3, 0.4) is 0 Å². The van der Waals surface area contributed by atoms with Crippen molar-refractivity contribution in [2.75, 3.05) is 0 Å². The maximum Gasteiger partial charge on any atom is 0.416 e. The molecule has 0 bridgehead atoms. The third kappa shape index (κ3) is 2.45. The summed E-state index contributed by atoms with van der Waals surface area (Å²) in [6.45, 7) is 1.84. The van der Waals surface area contributed by atoms with E-state index in [9.17, 15) is 13.2 Å². The van der Waals surface area contributed by atoms with E-state index in [0.717, 1.165) is 17.7 Å². The first-order chi connectivity index (χ1) is 5.91. The molecule has 0 aromatic heterocycles. The molecule has 0 saturated heterocycles. The Balaban J connectivity index is 2.94. The van der Waals surface area contributed by atoms with Gasteiger partial charge in [0.2, 0.25) is 0 Å². The second kappa shape index (κ2) is 3.38. The Bertz CT molecular complexity index is 274. The minimum Gasteiger partial charge on any atom is -0.352 e. The van der Waals surface area contributed by atoms with Gasteiger partial charge in [0.1, 0.15) is 6.04 Å². The Labute approximate surface area is 74.4 Å². The molecule has 0 fully saturated rings. The Kier molecular flexibility index (Phi) is 2.61. The number of hydrogen-bond donors (Lipinski definition) is 1. The van der Waals surface area contributed by atoms with Gasteiger partial charge < -0.3 is 5.73 Å². The van der Waals surface area contributed by atoms with E-state index in [1.54, 1.807) is 0 Å². The molecule has 72 valence electrons. The van der Waals surface area contributed by atoms with Crippen LogP contribution in [0.25, 0.3) is 0 Å². The van der Waals surface area contributed by atoms with E-state index in [4.69, 9.17) is 0 Å². The zero-order valence-electron chi connectivity index (χ0n) is 7.23. The Morgan fingerprint density at radius 1 is 1.15 bits per heavy atom. The Morgan fingerprint density at radius 2 is 1.62 bits per heavy atom. The first-order valence-corrected chi connectivity index (χ1v) is 3.91. The van der Waals surface area contributed by atoms with E-state index in [1.165, 1.54) is 12.1 Å². The van der Waals surface area contributed by atoms with Crippen molar-refractivity contribution in [3.8, 4) is 0 Å². The predicted molar refractivity (Wildman–Crippen MR) is 42.7 cm³/mol. The van der Waals surface area contributed by atoms with Gasteiger partial charge in [0.15, 0.2) is 0 Å².